The van der Waals surface area contributed by atoms with Gasteiger partial charge in [-0.25, -0.2) is 0 Å². The number of hydrogen-bond donors (Lipinski definition) is 3. The SMILES string of the molecule is Cc1ccc(NC(=O)CNC(=O)CNC(=O)c2cccc([N+](=O)[O-])c2)c(Cl)c1. The Labute approximate surface area is 165 Å². The highest BCUT2D eigenvalue weighted by atomic mass is 35.5. The molecule has 0 saturated heterocycles. The molecule has 2 rings (SSSR count). The number of nitro groups is 1. The Balaban J connectivity index is 1.79. The standard InChI is InChI=1S/C18H17ClN4O5/c1-11-5-6-15(14(19)7-11)22-17(25)10-20-16(24)9-21-18(26)12-3-2-4-13(8-12)23(27)28/h2-8H,9-10H2,1H3,(H,20,24)(H,21,26)(H,22,25). The first-order valence-electron chi connectivity index (χ1n) is 8.11. The fourth-order valence-electron chi connectivity index (χ4n) is 2.18. The number of hydrogen-bond acceptors (Lipinski definition) is 5. The highest BCUT2D eigenvalue weighted by Gasteiger charge is 2.13. The average molecular weight is 405 g/mol. The molecule has 146 valence electrons. The minimum atomic E-state index is -0.644. The second-order valence-electron chi connectivity index (χ2n) is 5.80. The van der Waals surface area contributed by atoms with Crippen molar-refractivity contribution in [1.82, 2.24) is 10.6 Å². The lowest BCUT2D eigenvalue weighted by atomic mass is 10.2. The summed E-state index contributed by atoms with van der Waals surface area (Å²) in [5.41, 5.74) is 1.18. The van der Waals surface area contributed by atoms with E-state index >= 15 is 0 Å². The maximum atomic E-state index is 12.0. The van der Waals surface area contributed by atoms with Crippen molar-refractivity contribution in [3.8, 4) is 0 Å². The van der Waals surface area contributed by atoms with E-state index in [0.29, 0.717) is 10.7 Å². The van der Waals surface area contributed by atoms with Gasteiger partial charge in [0.1, 0.15) is 0 Å². The van der Waals surface area contributed by atoms with Crippen LogP contribution in [-0.2, 0) is 9.59 Å². The molecule has 0 fully saturated rings. The summed E-state index contributed by atoms with van der Waals surface area (Å²) in [6.07, 6.45) is 0. The quantitative estimate of drug-likeness (QED) is 0.480. The van der Waals surface area contributed by atoms with Gasteiger partial charge in [0, 0.05) is 17.7 Å². The third-order valence-corrected chi connectivity index (χ3v) is 3.89. The minimum Gasteiger partial charge on any atom is -0.345 e. The van der Waals surface area contributed by atoms with Gasteiger partial charge in [-0.1, -0.05) is 23.7 Å². The first-order chi connectivity index (χ1) is 13.3. The molecule has 2 aromatic rings. The lowest BCUT2D eigenvalue weighted by Crippen LogP contribution is -2.40. The van der Waals surface area contributed by atoms with Crippen molar-refractivity contribution in [2.45, 2.75) is 6.92 Å². The minimum absolute atomic E-state index is 0.0498. The molecule has 0 aromatic heterocycles. The van der Waals surface area contributed by atoms with E-state index in [1.807, 2.05) is 6.92 Å². The summed E-state index contributed by atoms with van der Waals surface area (Å²) in [6.45, 7) is 1.16. The van der Waals surface area contributed by atoms with Crippen LogP contribution in [0.3, 0.4) is 0 Å². The maximum absolute atomic E-state index is 12.0. The highest BCUT2D eigenvalue weighted by Crippen LogP contribution is 2.22. The van der Waals surface area contributed by atoms with E-state index in [9.17, 15) is 24.5 Å². The van der Waals surface area contributed by atoms with Crippen molar-refractivity contribution in [2.75, 3.05) is 18.4 Å². The Hall–Kier alpha value is -3.46. The highest BCUT2D eigenvalue weighted by molar-refractivity contribution is 6.33. The van der Waals surface area contributed by atoms with Crippen LogP contribution in [0.15, 0.2) is 42.5 Å². The van der Waals surface area contributed by atoms with Gasteiger partial charge in [-0.3, -0.25) is 24.5 Å². The topological polar surface area (TPSA) is 130 Å². The van der Waals surface area contributed by atoms with E-state index < -0.39 is 22.6 Å². The van der Waals surface area contributed by atoms with Crippen LogP contribution in [-0.4, -0.2) is 35.7 Å². The Morgan fingerprint density at radius 1 is 1.04 bits per heavy atom. The lowest BCUT2D eigenvalue weighted by molar-refractivity contribution is -0.384. The van der Waals surface area contributed by atoms with Gasteiger partial charge >= 0.3 is 0 Å². The Kier molecular flexibility index (Phi) is 7.05. The number of halogens is 1. The molecule has 0 radical (unpaired) electrons. The molecular formula is C18H17ClN4O5. The molecule has 2 aromatic carbocycles. The van der Waals surface area contributed by atoms with Crippen LogP contribution in [0.2, 0.25) is 5.02 Å². The summed E-state index contributed by atoms with van der Waals surface area (Å²) in [6, 6.07) is 10.2. The molecular weight excluding hydrogens is 388 g/mol. The molecule has 0 heterocycles. The molecule has 9 nitrogen and oxygen atoms in total. The number of nitrogens with one attached hydrogen (secondary N) is 3. The van der Waals surface area contributed by atoms with Crippen molar-refractivity contribution in [2.24, 2.45) is 0 Å². The predicted molar refractivity (Wildman–Crippen MR) is 103 cm³/mol. The summed E-state index contributed by atoms with van der Waals surface area (Å²) < 4.78 is 0. The second kappa shape index (κ2) is 9.47. The molecule has 0 saturated carbocycles. The molecule has 3 N–H and O–H groups in total. The summed E-state index contributed by atoms with van der Waals surface area (Å²) >= 11 is 6.02. The normalized spacial score (nSPS) is 10.1. The summed E-state index contributed by atoms with van der Waals surface area (Å²) in [4.78, 5) is 45.7. The van der Waals surface area contributed by atoms with Gasteiger partial charge in [-0.05, 0) is 30.7 Å². The number of non-ortho nitro benzene ring substituents is 1. The van der Waals surface area contributed by atoms with E-state index in [4.69, 9.17) is 11.6 Å². The smallest absolute Gasteiger partial charge is 0.270 e. The van der Waals surface area contributed by atoms with Crippen LogP contribution in [0.25, 0.3) is 0 Å². The number of rotatable bonds is 7. The van der Waals surface area contributed by atoms with E-state index in [1.165, 1.54) is 18.2 Å². The molecule has 10 heteroatoms. The number of benzene rings is 2. The summed E-state index contributed by atoms with van der Waals surface area (Å²) in [5, 5.41) is 18.3. The van der Waals surface area contributed by atoms with Gasteiger partial charge in [0.05, 0.1) is 28.7 Å². The van der Waals surface area contributed by atoms with Gasteiger partial charge in [-0.2, -0.15) is 0 Å². The number of aryl methyl sites for hydroxylation is 1. The van der Waals surface area contributed by atoms with E-state index in [0.717, 1.165) is 11.6 Å². The van der Waals surface area contributed by atoms with Crippen LogP contribution < -0.4 is 16.0 Å². The van der Waals surface area contributed by atoms with Gasteiger partial charge < -0.3 is 16.0 Å². The number of carbonyl (C=O) groups excluding carboxylic acids is 3. The number of carbonyl (C=O) groups is 3. The Bertz CT molecular complexity index is 932. The monoisotopic (exact) mass is 404 g/mol. The fraction of sp³-hybridized carbons (Fsp3) is 0.167. The van der Waals surface area contributed by atoms with Crippen molar-refractivity contribution >= 4 is 40.7 Å². The molecule has 3 amide bonds. The van der Waals surface area contributed by atoms with Crippen molar-refractivity contribution < 1.29 is 19.3 Å². The number of amides is 3. The van der Waals surface area contributed by atoms with E-state index in [1.54, 1.807) is 18.2 Å². The van der Waals surface area contributed by atoms with Crippen LogP contribution in [0.4, 0.5) is 11.4 Å². The molecule has 0 bridgehead atoms. The van der Waals surface area contributed by atoms with Gasteiger partial charge in [0.15, 0.2) is 0 Å². The molecule has 0 spiro atoms. The predicted octanol–water partition coefficient (Wildman–Crippen LogP) is 2.04. The van der Waals surface area contributed by atoms with Gasteiger partial charge in [0.2, 0.25) is 11.8 Å². The van der Waals surface area contributed by atoms with Crippen LogP contribution in [0.1, 0.15) is 15.9 Å². The zero-order valence-corrected chi connectivity index (χ0v) is 15.6. The van der Waals surface area contributed by atoms with E-state index in [2.05, 4.69) is 16.0 Å². The number of nitrogens with zero attached hydrogens (tertiary/aromatic N) is 1. The number of nitro benzene ring substituents is 1. The van der Waals surface area contributed by atoms with E-state index in [-0.39, 0.29) is 24.3 Å². The van der Waals surface area contributed by atoms with Crippen molar-refractivity contribution in [3.05, 3.63) is 68.7 Å². The maximum Gasteiger partial charge on any atom is 0.270 e. The van der Waals surface area contributed by atoms with Crippen LogP contribution >= 0.6 is 11.6 Å². The van der Waals surface area contributed by atoms with Gasteiger partial charge in [0.25, 0.3) is 11.6 Å². The summed E-state index contributed by atoms with van der Waals surface area (Å²) in [7, 11) is 0. The van der Waals surface area contributed by atoms with Crippen LogP contribution in [0.5, 0.6) is 0 Å². The first-order valence-corrected chi connectivity index (χ1v) is 8.49. The third-order valence-electron chi connectivity index (χ3n) is 3.57. The molecule has 0 aliphatic heterocycles. The molecule has 0 atom stereocenters. The fourth-order valence-corrected chi connectivity index (χ4v) is 2.46. The molecule has 0 aliphatic carbocycles. The molecule has 28 heavy (non-hydrogen) atoms. The zero-order valence-electron chi connectivity index (χ0n) is 14.8. The van der Waals surface area contributed by atoms with Gasteiger partial charge in [-0.15, -0.1) is 0 Å². The van der Waals surface area contributed by atoms with Crippen LogP contribution in [0, 0.1) is 17.0 Å². The number of anilines is 1. The Morgan fingerprint density at radius 2 is 1.75 bits per heavy atom. The zero-order chi connectivity index (χ0) is 20.7. The summed E-state index contributed by atoms with van der Waals surface area (Å²) in [5.74, 6) is -1.72. The second-order valence-corrected chi connectivity index (χ2v) is 6.21. The van der Waals surface area contributed by atoms with Crippen molar-refractivity contribution in [3.63, 3.8) is 0 Å². The largest absolute Gasteiger partial charge is 0.345 e. The Morgan fingerprint density at radius 3 is 2.43 bits per heavy atom. The first kappa shape index (κ1) is 20.8. The third kappa shape index (κ3) is 6.06. The molecule has 0 aliphatic rings. The van der Waals surface area contributed by atoms with Crippen molar-refractivity contribution in [1.29, 1.82) is 0 Å². The molecule has 0 unspecified atom stereocenters. The lowest BCUT2D eigenvalue weighted by Gasteiger charge is -2.09. The average Bonchev–Trinajstić information content (AvgIpc) is 2.66.